The topological polar surface area (TPSA) is 127 Å². The van der Waals surface area contributed by atoms with E-state index >= 15 is 0 Å². The number of carbonyl (C=O) groups excluding carboxylic acids is 1. The summed E-state index contributed by atoms with van der Waals surface area (Å²) in [6, 6.07) is -0.640. The van der Waals surface area contributed by atoms with Crippen LogP contribution >= 0.6 is 0 Å². The Bertz CT molecular complexity index is 339. The first-order valence-corrected chi connectivity index (χ1v) is 4.76. The Morgan fingerprint density at radius 1 is 1.44 bits per heavy atom. The molecule has 88 valence electrons. The SMILES string of the molecule is [N-]=[N+]=N[C@H]1CN(C(=O)CCC(=O)O)C[C@@H]1O. The molecule has 8 nitrogen and oxygen atoms in total. The van der Waals surface area contributed by atoms with Gasteiger partial charge in [0.2, 0.25) is 5.91 Å². The first kappa shape index (κ1) is 12.3. The van der Waals surface area contributed by atoms with Gasteiger partial charge in [-0.05, 0) is 5.53 Å². The van der Waals surface area contributed by atoms with Crippen LogP contribution in [-0.4, -0.2) is 52.2 Å². The lowest BCUT2D eigenvalue weighted by molar-refractivity contribution is -0.140. The van der Waals surface area contributed by atoms with Gasteiger partial charge in [0.15, 0.2) is 0 Å². The van der Waals surface area contributed by atoms with Gasteiger partial charge >= 0.3 is 5.97 Å². The molecule has 1 fully saturated rings. The molecule has 1 saturated heterocycles. The molecule has 16 heavy (non-hydrogen) atoms. The second-order valence-corrected chi connectivity index (χ2v) is 3.53. The van der Waals surface area contributed by atoms with Crippen molar-refractivity contribution in [2.45, 2.75) is 25.0 Å². The first-order valence-electron chi connectivity index (χ1n) is 4.76. The van der Waals surface area contributed by atoms with Crippen LogP contribution in [0, 0.1) is 0 Å². The minimum absolute atomic E-state index is 0.0855. The molecule has 0 unspecified atom stereocenters. The normalized spacial score (nSPS) is 23.9. The van der Waals surface area contributed by atoms with E-state index in [1.165, 1.54) is 4.90 Å². The molecule has 1 aliphatic heterocycles. The molecule has 0 aromatic heterocycles. The van der Waals surface area contributed by atoms with E-state index < -0.39 is 18.1 Å². The highest BCUT2D eigenvalue weighted by molar-refractivity contribution is 5.81. The van der Waals surface area contributed by atoms with Gasteiger partial charge in [-0.2, -0.15) is 0 Å². The van der Waals surface area contributed by atoms with Gasteiger partial charge < -0.3 is 15.1 Å². The highest BCUT2D eigenvalue weighted by Gasteiger charge is 2.33. The molecule has 0 spiro atoms. The molecule has 1 rings (SSSR count). The largest absolute Gasteiger partial charge is 0.481 e. The van der Waals surface area contributed by atoms with Crippen LogP contribution in [0.25, 0.3) is 10.4 Å². The summed E-state index contributed by atoms with van der Waals surface area (Å²) in [6.45, 7) is 0.228. The first-order chi connectivity index (χ1) is 7.54. The van der Waals surface area contributed by atoms with E-state index in [1.807, 2.05) is 0 Å². The maximum atomic E-state index is 11.5. The maximum absolute atomic E-state index is 11.5. The number of carboxylic acids is 1. The van der Waals surface area contributed by atoms with Crippen LogP contribution in [-0.2, 0) is 9.59 Å². The Balaban J connectivity index is 2.48. The van der Waals surface area contributed by atoms with Crippen molar-refractivity contribution in [3.8, 4) is 0 Å². The third-order valence-electron chi connectivity index (χ3n) is 2.36. The molecule has 0 aromatic carbocycles. The van der Waals surface area contributed by atoms with Gasteiger partial charge in [0.1, 0.15) is 0 Å². The summed E-state index contributed by atoms with van der Waals surface area (Å²) < 4.78 is 0. The van der Waals surface area contributed by atoms with E-state index in [0.717, 1.165) is 0 Å². The molecular weight excluding hydrogens is 216 g/mol. The molecule has 2 atom stereocenters. The molecule has 2 N–H and O–H groups in total. The van der Waals surface area contributed by atoms with E-state index in [1.54, 1.807) is 0 Å². The third kappa shape index (κ3) is 3.11. The van der Waals surface area contributed by atoms with E-state index in [0.29, 0.717) is 0 Å². The number of amides is 1. The monoisotopic (exact) mass is 228 g/mol. The summed E-state index contributed by atoms with van der Waals surface area (Å²) in [5.41, 5.74) is 8.21. The smallest absolute Gasteiger partial charge is 0.303 e. The number of azide groups is 1. The molecule has 0 saturated carbocycles. The summed E-state index contributed by atoms with van der Waals surface area (Å²) in [7, 11) is 0. The van der Waals surface area contributed by atoms with Crippen molar-refractivity contribution in [3.63, 3.8) is 0 Å². The molecule has 0 bridgehead atoms. The predicted octanol–water partition coefficient (Wildman–Crippen LogP) is -0.267. The van der Waals surface area contributed by atoms with Crippen LogP contribution in [0.5, 0.6) is 0 Å². The van der Waals surface area contributed by atoms with Crippen molar-refractivity contribution in [3.05, 3.63) is 10.4 Å². The molecule has 1 aliphatic rings. The van der Waals surface area contributed by atoms with Crippen LogP contribution in [0.4, 0.5) is 0 Å². The number of hydrogen-bond acceptors (Lipinski definition) is 4. The van der Waals surface area contributed by atoms with Gasteiger partial charge in [-0.1, -0.05) is 5.11 Å². The number of hydrogen-bond donors (Lipinski definition) is 2. The standard InChI is InChI=1S/C8H12N4O4/c9-11-10-5-3-12(4-6(5)13)7(14)1-2-8(15)16/h5-6,13H,1-4H2,(H,15,16)/t5-,6-/m0/s1. The zero-order chi connectivity index (χ0) is 12.1. The Hall–Kier alpha value is -1.79. The van der Waals surface area contributed by atoms with Crippen molar-refractivity contribution in [2.75, 3.05) is 13.1 Å². The number of likely N-dealkylation sites (tertiary alicyclic amines) is 1. The fourth-order valence-electron chi connectivity index (χ4n) is 1.52. The second-order valence-electron chi connectivity index (χ2n) is 3.53. The van der Waals surface area contributed by atoms with Gasteiger partial charge in [0, 0.05) is 24.4 Å². The highest BCUT2D eigenvalue weighted by atomic mass is 16.4. The van der Waals surface area contributed by atoms with E-state index in [9.17, 15) is 14.7 Å². The highest BCUT2D eigenvalue weighted by Crippen LogP contribution is 2.15. The van der Waals surface area contributed by atoms with Crippen LogP contribution in [0.2, 0.25) is 0 Å². The minimum atomic E-state index is -1.04. The van der Waals surface area contributed by atoms with Crippen molar-refractivity contribution in [1.82, 2.24) is 4.90 Å². The second kappa shape index (κ2) is 5.34. The number of aliphatic carboxylic acids is 1. The van der Waals surface area contributed by atoms with Gasteiger partial charge in [-0.15, -0.1) is 0 Å². The van der Waals surface area contributed by atoms with Gasteiger partial charge in [0.05, 0.1) is 18.6 Å². The average molecular weight is 228 g/mol. The zero-order valence-electron chi connectivity index (χ0n) is 8.48. The van der Waals surface area contributed by atoms with Gasteiger partial charge in [-0.25, -0.2) is 0 Å². The quantitative estimate of drug-likeness (QED) is 0.390. The lowest BCUT2D eigenvalue weighted by atomic mass is 10.2. The summed E-state index contributed by atoms with van der Waals surface area (Å²) in [4.78, 5) is 25.6. The fourth-order valence-corrected chi connectivity index (χ4v) is 1.52. The van der Waals surface area contributed by atoms with Gasteiger partial charge in [0.25, 0.3) is 0 Å². The predicted molar refractivity (Wildman–Crippen MR) is 52.4 cm³/mol. The molecule has 1 heterocycles. The van der Waals surface area contributed by atoms with Crippen molar-refractivity contribution in [2.24, 2.45) is 5.11 Å². The van der Waals surface area contributed by atoms with Crippen LogP contribution in [0.15, 0.2) is 5.11 Å². The number of carboxylic acid groups (broad SMARTS) is 1. The lowest BCUT2D eigenvalue weighted by Gasteiger charge is -2.14. The molecule has 0 radical (unpaired) electrons. The number of carbonyl (C=O) groups is 2. The maximum Gasteiger partial charge on any atom is 0.303 e. The molecule has 0 aliphatic carbocycles. The van der Waals surface area contributed by atoms with Crippen molar-refractivity contribution >= 4 is 11.9 Å². The van der Waals surface area contributed by atoms with E-state index in [4.69, 9.17) is 10.6 Å². The Morgan fingerprint density at radius 2 is 2.12 bits per heavy atom. The number of rotatable bonds is 4. The number of aliphatic hydroxyl groups excluding tert-OH is 1. The van der Waals surface area contributed by atoms with Crippen LogP contribution in [0.1, 0.15) is 12.8 Å². The van der Waals surface area contributed by atoms with Crippen molar-refractivity contribution < 1.29 is 19.8 Å². The lowest BCUT2D eigenvalue weighted by Crippen LogP contribution is -2.29. The summed E-state index contributed by atoms with van der Waals surface area (Å²) in [5.74, 6) is -1.39. The summed E-state index contributed by atoms with van der Waals surface area (Å²) in [6.07, 6.45) is -1.22. The minimum Gasteiger partial charge on any atom is -0.481 e. The average Bonchev–Trinajstić information content (AvgIpc) is 2.57. The molecule has 1 amide bonds. The summed E-state index contributed by atoms with van der Waals surface area (Å²) in [5, 5.41) is 21.2. The Kier molecular flexibility index (Phi) is 4.10. The number of nitrogens with zero attached hydrogens (tertiary/aromatic N) is 4. The fraction of sp³-hybridized carbons (Fsp3) is 0.750. The Labute approximate surface area is 91.1 Å². The molecule has 0 aromatic rings. The molecule has 8 heteroatoms. The van der Waals surface area contributed by atoms with Gasteiger partial charge in [-0.3, -0.25) is 9.59 Å². The number of β-amino-alcohol motifs (C(OH)–C–C–N with tert-alkyl or cyclic N) is 1. The van der Waals surface area contributed by atoms with Crippen LogP contribution in [0.3, 0.4) is 0 Å². The van der Waals surface area contributed by atoms with Crippen molar-refractivity contribution in [1.29, 1.82) is 0 Å². The Morgan fingerprint density at radius 3 is 2.69 bits per heavy atom. The third-order valence-corrected chi connectivity index (χ3v) is 2.36. The number of aliphatic hydroxyl groups is 1. The summed E-state index contributed by atoms with van der Waals surface area (Å²) >= 11 is 0. The molecular formula is C8H12N4O4. The van der Waals surface area contributed by atoms with E-state index in [-0.39, 0.29) is 31.8 Å². The zero-order valence-corrected chi connectivity index (χ0v) is 8.48. The van der Waals surface area contributed by atoms with E-state index in [2.05, 4.69) is 10.0 Å². The van der Waals surface area contributed by atoms with Crippen LogP contribution < -0.4 is 0 Å².